The molecule has 10 heteroatoms. The number of benzene rings is 2. The average Bonchev–Trinajstić information content (AvgIpc) is 3.46. The molecule has 0 aliphatic heterocycles. The number of aliphatic hydroxyl groups excluding tert-OH is 1. The molecule has 0 saturated heterocycles. The van der Waals surface area contributed by atoms with Gasteiger partial charge in [-0.1, -0.05) is 36.4 Å². The van der Waals surface area contributed by atoms with Crippen LogP contribution < -0.4 is 16.4 Å². The molecular formula is C25H27N5O5. The Morgan fingerprint density at radius 1 is 0.800 bits per heavy atom. The Labute approximate surface area is 200 Å². The van der Waals surface area contributed by atoms with Crippen molar-refractivity contribution in [1.29, 1.82) is 0 Å². The smallest absolute Gasteiger partial charge is 0.326 e. The largest absolute Gasteiger partial charge is 0.480 e. The summed E-state index contributed by atoms with van der Waals surface area (Å²) in [6.45, 7) is -0.592. The molecule has 2 aromatic heterocycles. The van der Waals surface area contributed by atoms with Gasteiger partial charge >= 0.3 is 5.97 Å². The topological polar surface area (TPSA) is 173 Å². The molecule has 3 unspecified atom stereocenters. The summed E-state index contributed by atoms with van der Waals surface area (Å²) in [6, 6.07) is 11.4. The number of aromatic amines is 2. The number of carbonyl (C=O) groups is 3. The molecule has 8 N–H and O–H groups in total. The summed E-state index contributed by atoms with van der Waals surface area (Å²) < 4.78 is 0. The van der Waals surface area contributed by atoms with E-state index in [0.29, 0.717) is 0 Å². The van der Waals surface area contributed by atoms with E-state index in [0.717, 1.165) is 32.9 Å². The molecule has 0 fully saturated rings. The van der Waals surface area contributed by atoms with Gasteiger partial charge in [-0.25, -0.2) is 4.79 Å². The molecule has 0 spiro atoms. The summed E-state index contributed by atoms with van der Waals surface area (Å²) in [7, 11) is 0. The number of carboxylic acids is 1. The van der Waals surface area contributed by atoms with Gasteiger partial charge in [-0.05, 0) is 23.3 Å². The molecule has 0 aliphatic carbocycles. The molecule has 4 aromatic rings. The van der Waals surface area contributed by atoms with Crippen LogP contribution in [-0.4, -0.2) is 62.7 Å². The molecule has 0 bridgehead atoms. The maximum absolute atomic E-state index is 13.2. The highest BCUT2D eigenvalue weighted by Crippen LogP contribution is 2.21. The quantitative estimate of drug-likeness (QED) is 0.178. The SMILES string of the molecule is NC(CO)C(=O)NC(Cc1c[nH]c2ccccc12)C(=O)NC(Cc1c[nH]c2ccccc12)C(=O)O. The number of amides is 2. The summed E-state index contributed by atoms with van der Waals surface area (Å²) >= 11 is 0. The zero-order valence-electron chi connectivity index (χ0n) is 18.8. The summed E-state index contributed by atoms with van der Waals surface area (Å²) in [6.07, 6.45) is 3.61. The number of hydrogen-bond acceptors (Lipinski definition) is 5. The second-order valence-electron chi connectivity index (χ2n) is 8.38. The van der Waals surface area contributed by atoms with E-state index in [-0.39, 0.29) is 12.8 Å². The van der Waals surface area contributed by atoms with Crippen LogP contribution in [0.3, 0.4) is 0 Å². The number of para-hydroxylation sites is 2. The molecule has 0 radical (unpaired) electrons. The van der Waals surface area contributed by atoms with E-state index in [9.17, 15) is 24.6 Å². The van der Waals surface area contributed by atoms with Gasteiger partial charge in [0.1, 0.15) is 18.1 Å². The van der Waals surface area contributed by atoms with Crippen molar-refractivity contribution in [3.05, 3.63) is 72.1 Å². The van der Waals surface area contributed by atoms with E-state index >= 15 is 0 Å². The highest BCUT2D eigenvalue weighted by Gasteiger charge is 2.29. The second kappa shape index (κ2) is 10.4. The van der Waals surface area contributed by atoms with Gasteiger partial charge in [0.05, 0.1) is 6.61 Å². The molecule has 2 amide bonds. The van der Waals surface area contributed by atoms with Crippen LogP contribution in [0.1, 0.15) is 11.1 Å². The van der Waals surface area contributed by atoms with Gasteiger partial charge < -0.3 is 36.5 Å². The van der Waals surface area contributed by atoms with Crippen LogP contribution in [0, 0.1) is 0 Å². The first kappa shape index (κ1) is 24.0. The zero-order chi connectivity index (χ0) is 24.9. The van der Waals surface area contributed by atoms with Crippen LogP contribution >= 0.6 is 0 Å². The number of aromatic nitrogens is 2. The number of H-pyrrole nitrogens is 2. The lowest BCUT2D eigenvalue weighted by Gasteiger charge is -2.22. The first-order chi connectivity index (χ1) is 16.9. The van der Waals surface area contributed by atoms with Gasteiger partial charge in [0.25, 0.3) is 0 Å². The minimum absolute atomic E-state index is 0.0506. The van der Waals surface area contributed by atoms with Crippen molar-refractivity contribution in [2.75, 3.05) is 6.61 Å². The van der Waals surface area contributed by atoms with E-state index in [1.807, 2.05) is 48.5 Å². The maximum atomic E-state index is 13.2. The number of nitrogens with one attached hydrogen (secondary N) is 4. The minimum atomic E-state index is -1.23. The number of fused-ring (bicyclic) bond motifs is 2. The van der Waals surface area contributed by atoms with E-state index in [4.69, 9.17) is 5.73 Å². The van der Waals surface area contributed by atoms with Gasteiger partial charge in [-0.3, -0.25) is 9.59 Å². The first-order valence-corrected chi connectivity index (χ1v) is 11.2. The predicted octanol–water partition coefficient (Wildman–Crippen LogP) is 0.808. The molecular weight excluding hydrogens is 450 g/mol. The number of rotatable bonds is 10. The molecule has 0 saturated carbocycles. The summed E-state index contributed by atoms with van der Waals surface area (Å²) in [5.74, 6) is -2.58. The van der Waals surface area contributed by atoms with Crippen LogP contribution in [0.5, 0.6) is 0 Å². The normalized spacial score (nSPS) is 13.9. The first-order valence-electron chi connectivity index (χ1n) is 11.2. The third-order valence-electron chi connectivity index (χ3n) is 5.98. The van der Waals surface area contributed by atoms with E-state index in [1.54, 1.807) is 12.4 Å². The fourth-order valence-electron chi connectivity index (χ4n) is 4.08. The molecule has 0 aliphatic rings. The van der Waals surface area contributed by atoms with Crippen LogP contribution in [0.4, 0.5) is 0 Å². The number of aliphatic hydroxyl groups is 1. The van der Waals surface area contributed by atoms with Gasteiger partial charge in [0, 0.05) is 47.0 Å². The van der Waals surface area contributed by atoms with Crippen molar-refractivity contribution in [3.63, 3.8) is 0 Å². The van der Waals surface area contributed by atoms with E-state index in [2.05, 4.69) is 20.6 Å². The van der Waals surface area contributed by atoms with Gasteiger partial charge in [-0.15, -0.1) is 0 Å². The molecule has 10 nitrogen and oxygen atoms in total. The van der Waals surface area contributed by atoms with Crippen molar-refractivity contribution >= 4 is 39.6 Å². The molecule has 4 rings (SSSR count). The number of nitrogens with two attached hydrogens (primary N) is 1. The third kappa shape index (κ3) is 5.34. The molecule has 3 atom stereocenters. The van der Waals surface area contributed by atoms with Gasteiger partial charge in [-0.2, -0.15) is 0 Å². The maximum Gasteiger partial charge on any atom is 0.326 e. The molecule has 2 heterocycles. The minimum Gasteiger partial charge on any atom is -0.480 e. The van der Waals surface area contributed by atoms with Gasteiger partial charge in [0.2, 0.25) is 11.8 Å². The molecule has 35 heavy (non-hydrogen) atoms. The van der Waals surface area contributed by atoms with Crippen molar-refractivity contribution in [2.24, 2.45) is 5.73 Å². The van der Waals surface area contributed by atoms with Crippen LogP contribution in [0.2, 0.25) is 0 Å². The number of aliphatic carboxylic acids is 1. The van der Waals surface area contributed by atoms with Crippen molar-refractivity contribution in [1.82, 2.24) is 20.6 Å². The van der Waals surface area contributed by atoms with Crippen LogP contribution in [0.25, 0.3) is 21.8 Å². The lowest BCUT2D eigenvalue weighted by Crippen LogP contribution is -2.56. The Bertz CT molecular complexity index is 1360. The average molecular weight is 478 g/mol. The number of carbonyl (C=O) groups excluding carboxylic acids is 2. The third-order valence-corrected chi connectivity index (χ3v) is 5.98. The highest BCUT2D eigenvalue weighted by molar-refractivity contribution is 5.93. The van der Waals surface area contributed by atoms with Crippen molar-refractivity contribution in [2.45, 2.75) is 31.0 Å². The van der Waals surface area contributed by atoms with Gasteiger partial charge in [0.15, 0.2) is 0 Å². The summed E-state index contributed by atoms with van der Waals surface area (Å²) in [5, 5.41) is 25.9. The fraction of sp³-hybridized carbons (Fsp3) is 0.240. The highest BCUT2D eigenvalue weighted by atomic mass is 16.4. The fourth-order valence-corrected chi connectivity index (χ4v) is 4.08. The predicted molar refractivity (Wildman–Crippen MR) is 131 cm³/mol. The Kier molecular flexibility index (Phi) is 7.14. The van der Waals surface area contributed by atoms with Crippen molar-refractivity contribution < 1.29 is 24.6 Å². The Morgan fingerprint density at radius 2 is 1.29 bits per heavy atom. The Hall–Kier alpha value is -4.15. The standard InChI is InChI=1S/C25H27N5O5/c26-18(13-31)23(32)29-21(9-14-11-27-19-7-3-1-5-16(14)19)24(33)30-22(25(34)35)10-15-12-28-20-8-4-2-6-17(15)20/h1-8,11-12,18,21-22,27-28,31H,9-10,13,26H2,(H,29,32)(H,30,33)(H,34,35). The summed E-state index contributed by atoms with van der Waals surface area (Å²) in [5.41, 5.74) is 8.86. The Morgan fingerprint density at radius 3 is 1.80 bits per heavy atom. The zero-order valence-corrected chi connectivity index (χ0v) is 18.8. The van der Waals surface area contributed by atoms with Crippen molar-refractivity contribution in [3.8, 4) is 0 Å². The van der Waals surface area contributed by atoms with E-state index < -0.39 is 42.5 Å². The van der Waals surface area contributed by atoms with Crippen LogP contribution in [0.15, 0.2) is 60.9 Å². The monoisotopic (exact) mass is 477 g/mol. The van der Waals surface area contributed by atoms with Crippen LogP contribution in [-0.2, 0) is 27.2 Å². The lowest BCUT2D eigenvalue weighted by molar-refractivity contribution is -0.142. The van der Waals surface area contributed by atoms with E-state index in [1.165, 1.54) is 0 Å². The Balaban J connectivity index is 1.56. The second-order valence-corrected chi connectivity index (χ2v) is 8.38. The summed E-state index contributed by atoms with van der Waals surface area (Å²) in [4.78, 5) is 43.9. The molecule has 182 valence electrons. The number of hydrogen-bond donors (Lipinski definition) is 7. The molecule has 2 aromatic carbocycles. The lowest BCUT2D eigenvalue weighted by atomic mass is 10.0. The number of carboxylic acid groups (broad SMARTS) is 1.